The molecule has 3 aromatic rings. The van der Waals surface area contributed by atoms with Crippen LogP contribution in [0.15, 0.2) is 59.0 Å². The molecule has 1 aliphatic carbocycles. The van der Waals surface area contributed by atoms with E-state index in [1.807, 2.05) is 0 Å². The smallest absolute Gasteiger partial charge is 0.287 e. The van der Waals surface area contributed by atoms with Crippen LogP contribution in [-0.2, 0) is 11.3 Å². The first-order valence-corrected chi connectivity index (χ1v) is 11.2. The van der Waals surface area contributed by atoms with Gasteiger partial charge in [-0.2, -0.15) is 0 Å². The van der Waals surface area contributed by atoms with E-state index in [0.29, 0.717) is 33.5 Å². The molecule has 174 valence electrons. The Kier molecular flexibility index (Phi) is 5.98. The molecular weight excluding hydrogens is 460 g/mol. The van der Waals surface area contributed by atoms with Gasteiger partial charge in [0.25, 0.3) is 11.8 Å². The molecule has 1 saturated carbocycles. The van der Waals surface area contributed by atoms with E-state index in [-0.39, 0.29) is 49.2 Å². The first kappa shape index (κ1) is 22.0. The van der Waals surface area contributed by atoms with Gasteiger partial charge in [-0.3, -0.25) is 19.3 Å². The van der Waals surface area contributed by atoms with Crippen molar-refractivity contribution in [1.82, 2.24) is 5.32 Å². The number of hydrogen-bond donors (Lipinski definition) is 1. The number of carbonyl (C=O) groups excluding carboxylic acids is 3. The van der Waals surface area contributed by atoms with Crippen molar-refractivity contribution in [3.8, 4) is 11.5 Å². The number of furan rings is 1. The number of carbonyl (C=O) groups is 3. The summed E-state index contributed by atoms with van der Waals surface area (Å²) >= 11 is 5.95. The number of ether oxygens (including phenoxy) is 2. The summed E-state index contributed by atoms with van der Waals surface area (Å²) in [4.78, 5) is 39.1. The van der Waals surface area contributed by atoms with Crippen molar-refractivity contribution in [1.29, 1.82) is 0 Å². The average Bonchev–Trinajstić information content (AvgIpc) is 3.52. The van der Waals surface area contributed by atoms with Crippen LogP contribution in [0.1, 0.15) is 39.5 Å². The minimum absolute atomic E-state index is 0.0998. The number of anilines is 1. The third-order valence-corrected chi connectivity index (χ3v) is 5.74. The Labute approximate surface area is 200 Å². The third-order valence-electron chi connectivity index (χ3n) is 5.50. The van der Waals surface area contributed by atoms with E-state index in [0.717, 1.165) is 12.8 Å². The Balaban J connectivity index is 1.31. The van der Waals surface area contributed by atoms with Gasteiger partial charge in [0.1, 0.15) is 17.3 Å². The SMILES string of the molecule is O=C(COc1cccc(Cl)c1)c1ccc2c(c1)N(Cc1ccc(C(=O)NC3CC3)o1)C(=O)CO2. The van der Waals surface area contributed by atoms with Crippen LogP contribution in [0.2, 0.25) is 5.02 Å². The minimum Gasteiger partial charge on any atom is -0.485 e. The molecule has 9 heteroatoms. The van der Waals surface area contributed by atoms with Gasteiger partial charge in [0, 0.05) is 16.6 Å². The van der Waals surface area contributed by atoms with Crippen molar-refractivity contribution in [3.63, 3.8) is 0 Å². The number of ketones is 1. The number of nitrogens with one attached hydrogen (secondary N) is 1. The van der Waals surface area contributed by atoms with Gasteiger partial charge >= 0.3 is 0 Å². The van der Waals surface area contributed by atoms with Gasteiger partial charge in [0.05, 0.1) is 12.2 Å². The van der Waals surface area contributed by atoms with Crippen molar-refractivity contribution in [3.05, 3.63) is 76.7 Å². The fourth-order valence-electron chi connectivity index (χ4n) is 3.56. The maximum atomic E-state index is 12.7. The molecule has 0 unspecified atom stereocenters. The molecule has 8 nitrogen and oxygen atoms in total. The van der Waals surface area contributed by atoms with E-state index in [4.69, 9.17) is 25.5 Å². The van der Waals surface area contributed by atoms with Crippen LogP contribution in [0, 0.1) is 0 Å². The number of rotatable bonds is 8. The quantitative estimate of drug-likeness (QED) is 0.489. The van der Waals surface area contributed by atoms with Gasteiger partial charge in [-0.25, -0.2) is 0 Å². The summed E-state index contributed by atoms with van der Waals surface area (Å²) in [6.07, 6.45) is 1.95. The van der Waals surface area contributed by atoms with E-state index in [1.54, 1.807) is 54.6 Å². The summed E-state index contributed by atoms with van der Waals surface area (Å²) in [6.45, 7) is -0.220. The zero-order valence-corrected chi connectivity index (χ0v) is 18.8. The lowest BCUT2D eigenvalue weighted by Gasteiger charge is -2.29. The summed E-state index contributed by atoms with van der Waals surface area (Å²) < 4.78 is 16.8. The van der Waals surface area contributed by atoms with Crippen LogP contribution in [0.5, 0.6) is 11.5 Å². The third kappa shape index (κ3) is 4.92. The fourth-order valence-corrected chi connectivity index (χ4v) is 3.74. The summed E-state index contributed by atoms with van der Waals surface area (Å²) in [5, 5.41) is 3.38. The fraction of sp³-hybridized carbons (Fsp3) is 0.240. The van der Waals surface area contributed by atoms with Crippen LogP contribution < -0.4 is 19.7 Å². The number of amides is 2. The second-order valence-electron chi connectivity index (χ2n) is 8.13. The second-order valence-corrected chi connectivity index (χ2v) is 8.57. The molecule has 34 heavy (non-hydrogen) atoms. The van der Waals surface area contributed by atoms with E-state index in [2.05, 4.69) is 5.32 Å². The zero-order chi connectivity index (χ0) is 23.7. The molecule has 2 aliphatic rings. The molecule has 2 heterocycles. The molecule has 0 spiro atoms. The molecule has 0 bridgehead atoms. The number of fused-ring (bicyclic) bond motifs is 1. The van der Waals surface area contributed by atoms with E-state index in [9.17, 15) is 14.4 Å². The van der Waals surface area contributed by atoms with Crippen LogP contribution >= 0.6 is 11.6 Å². The molecule has 2 aromatic carbocycles. The maximum absolute atomic E-state index is 12.7. The molecule has 0 saturated heterocycles. The molecule has 5 rings (SSSR count). The normalized spacial score (nSPS) is 14.9. The monoisotopic (exact) mass is 480 g/mol. The first-order chi connectivity index (χ1) is 16.5. The molecule has 1 aliphatic heterocycles. The highest BCUT2D eigenvalue weighted by Gasteiger charge is 2.29. The van der Waals surface area contributed by atoms with Gasteiger partial charge in [-0.15, -0.1) is 0 Å². The maximum Gasteiger partial charge on any atom is 0.287 e. The van der Waals surface area contributed by atoms with Gasteiger partial charge in [-0.1, -0.05) is 17.7 Å². The highest BCUT2D eigenvalue weighted by molar-refractivity contribution is 6.30. The lowest BCUT2D eigenvalue weighted by molar-refractivity contribution is -0.121. The van der Waals surface area contributed by atoms with Gasteiger partial charge < -0.3 is 19.2 Å². The second kappa shape index (κ2) is 9.23. The van der Waals surface area contributed by atoms with Gasteiger partial charge in [0.2, 0.25) is 0 Å². The van der Waals surface area contributed by atoms with E-state index < -0.39 is 0 Å². The number of nitrogens with zero attached hydrogens (tertiary/aromatic N) is 1. The summed E-state index contributed by atoms with van der Waals surface area (Å²) in [7, 11) is 0. The zero-order valence-electron chi connectivity index (χ0n) is 18.1. The minimum atomic E-state index is -0.285. The van der Waals surface area contributed by atoms with Crippen LogP contribution in [-0.4, -0.2) is 36.9 Å². The van der Waals surface area contributed by atoms with Crippen LogP contribution in [0.4, 0.5) is 5.69 Å². The number of halogens is 1. The summed E-state index contributed by atoms with van der Waals surface area (Å²) in [5.41, 5.74) is 0.818. The predicted molar refractivity (Wildman–Crippen MR) is 124 cm³/mol. The highest BCUT2D eigenvalue weighted by Crippen LogP contribution is 2.34. The van der Waals surface area contributed by atoms with Gasteiger partial charge in [0.15, 0.2) is 24.8 Å². The molecule has 1 aromatic heterocycles. The Morgan fingerprint density at radius 3 is 2.76 bits per heavy atom. The van der Waals surface area contributed by atoms with Gasteiger partial charge in [-0.05, 0) is 61.4 Å². The lowest BCUT2D eigenvalue weighted by atomic mass is 10.1. The molecular formula is C25H21ClN2O6. The average molecular weight is 481 g/mol. The van der Waals surface area contributed by atoms with Crippen molar-refractivity contribution >= 4 is 34.9 Å². The number of Topliss-reactive ketones (excluding diaryl/α,β-unsaturated/α-hetero) is 1. The largest absolute Gasteiger partial charge is 0.485 e. The molecule has 1 fully saturated rings. The highest BCUT2D eigenvalue weighted by atomic mass is 35.5. The van der Waals surface area contributed by atoms with Crippen molar-refractivity contribution in [2.24, 2.45) is 0 Å². The number of hydrogen-bond acceptors (Lipinski definition) is 6. The van der Waals surface area contributed by atoms with Crippen molar-refractivity contribution in [2.75, 3.05) is 18.1 Å². The Hall–Kier alpha value is -3.78. The molecule has 1 N–H and O–H groups in total. The molecule has 0 radical (unpaired) electrons. The van der Waals surface area contributed by atoms with Crippen LogP contribution in [0.25, 0.3) is 0 Å². The topological polar surface area (TPSA) is 98.1 Å². The summed E-state index contributed by atoms with van der Waals surface area (Å²) in [5.74, 6) is 0.789. The standard InChI is InChI=1S/C25H21ClN2O6/c26-16-2-1-3-18(11-16)32-13-21(29)15-4-8-22-20(10-15)28(24(30)14-33-22)12-19-7-9-23(34-19)25(31)27-17-5-6-17/h1-4,7-11,17H,5-6,12-14H2,(H,27,31). The Morgan fingerprint density at radius 2 is 1.97 bits per heavy atom. The number of benzene rings is 2. The van der Waals surface area contributed by atoms with E-state index >= 15 is 0 Å². The molecule has 0 atom stereocenters. The van der Waals surface area contributed by atoms with Crippen molar-refractivity contribution < 1.29 is 28.3 Å². The van der Waals surface area contributed by atoms with Crippen LogP contribution in [0.3, 0.4) is 0 Å². The Bertz CT molecular complexity index is 1270. The van der Waals surface area contributed by atoms with Crippen molar-refractivity contribution in [2.45, 2.75) is 25.4 Å². The molecule has 2 amide bonds. The lowest BCUT2D eigenvalue weighted by Crippen LogP contribution is -2.38. The first-order valence-electron chi connectivity index (χ1n) is 10.8. The predicted octanol–water partition coefficient (Wildman–Crippen LogP) is 4.01. The Morgan fingerprint density at radius 1 is 1.12 bits per heavy atom. The summed E-state index contributed by atoms with van der Waals surface area (Å²) in [6, 6.07) is 15.1. The van der Waals surface area contributed by atoms with E-state index in [1.165, 1.54) is 4.90 Å².